The topological polar surface area (TPSA) is 63.6 Å². The van der Waals surface area contributed by atoms with E-state index in [1.54, 1.807) is 17.0 Å². The molecule has 0 fully saturated rings. The normalized spacial score (nSPS) is 19.1. The van der Waals surface area contributed by atoms with Crippen LogP contribution in [-0.4, -0.2) is 34.3 Å². The molecule has 0 aromatic carbocycles. The van der Waals surface area contributed by atoms with Gasteiger partial charge < -0.3 is 15.2 Å². The quantitative estimate of drug-likeness (QED) is 0.528. The molecule has 1 amide bonds. The Bertz CT molecular complexity index is 599. The van der Waals surface area contributed by atoms with Crippen molar-refractivity contribution in [3.8, 4) is 0 Å². The molecular weight excluding hydrogens is 288 g/mol. The van der Waals surface area contributed by atoms with Crippen LogP contribution in [-0.2, 0) is 0 Å². The number of carbonyl (C=O) groups excluding carboxylic acids is 1. The molecule has 114 valence electrons. The highest BCUT2D eigenvalue weighted by molar-refractivity contribution is 6.64. The highest BCUT2D eigenvalue weighted by Crippen LogP contribution is 2.36. The van der Waals surface area contributed by atoms with Gasteiger partial charge >= 0.3 is 0 Å². The van der Waals surface area contributed by atoms with E-state index in [1.807, 2.05) is 11.6 Å². The van der Waals surface area contributed by atoms with Gasteiger partial charge in [-0.2, -0.15) is 0 Å². The number of rotatable bonds is 4. The van der Waals surface area contributed by atoms with Gasteiger partial charge in [-0.25, -0.2) is 4.99 Å². The fourth-order valence-electron chi connectivity index (χ4n) is 2.84. The molecule has 1 aliphatic rings. The van der Waals surface area contributed by atoms with E-state index in [9.17, 15) is 4.79 Å². The summed E-state index contributed by atoms with van der Waals surface area (Å²) >= 11 is 5.74. The molecule has 1 atom stereocenters. The largest absolute Gasteiger partial charge is 0.374 e. The number of carbonyl (C=O) groups is 1. The summed E-state index contributed by atoms with van der Waals surface area (Å²) in [7, 11) is 1.82. The lowest BCUT2D eigenvalue weighted by molar-refractivity contribution is 0.0709. The van der Waals surface area contributed by atoms with Gasteiger partial charge in [-0.15, -0.1) is 0 Å². The number of hydrogen-bond acceptors (Lipinski definition) is 2. The molecule has 5 nitrogen and oxygen atoms in total. The number of amides is 1. The second kappa shape index (κ2) is 5.93. The Labute approximate surface area is 130 Å². The molecule has 0 unspecified atom stereocenters. The number of nitrogens with two attached hydrogens (primary N) is 1. The third-order valence-electron chi connectivity index (χ3n) is 3.63. The van der Waals surface area contributed by atoms with Crippen molar-refractivity contribution in [3.63, 3.8) is 0 Å². The standard InChI is InChI=1S/C15H21ClN4O/c1-5-10-7-12-14(21)19(4)8-11(6-9(2)3)20(12)13(10)18-15(16)17/h5,7,9,11H,1,6,8H2,2-4H3,(H2,17,18)/t11-/m0/s1. The molecule has 1 aromatic heterocycles. The predicted octanol–water partition coefficient (Wildman–Crippen LogP) is 2.99. The van der Waals surface area contributed by atoms with Crippen LogP contribution in [0.1, 0.15) is 42.4 Å². The molecule has 2 N–H and O–H groups in total. The van der Waals surface area contributed by atoms with Gasteiger partial charge in [-0.3, -0.25) is 4.79 Å². The minimum Gasteiger partial charge on any atom is -0.374 e. The molecule has 0 spiro atoms. The summed E-state index contributed by atoms with van der Waals surface area (Å²) in [5.41, 5.74) is 6.90. The van der Waals surface area contributed by atoms with Crippen LogP contribution < -0.4 is 5.73 Å². The maximum absolute atomic E-state index is 12.4. The van der Waals surface area contributed by atoms with Gasteiger partial charge in [-0.05, 0) is 30.0 Å². The Kier molecular flexibility index (Phi) is 4.42. The van der Waals surface area contributed by atoms with E-state index in [2.05, 4.69) is 25.4 Å². The van der Waals surface area contributed by atoms with Crippen LogP contribution in [0.25, 0.3) is 6.08 Å². The lowest BCUT2D eigenvalue weighted by Crippen LogP contribution is -2.40. The summed E-state index contributed by atoms with van der Waals surface area (Å²) < 4.78 is 1.95. The zero-order valence-electron chi connectivity index (χ0n) is 12.6. The van der Waals surface area contributed by atoms with Crippen molar-refractivity contribution >= 4 is 34.7 Å². The van der Waals surface area contributed by atoms with E-state index in [1.165, 1.54) is 0 Å². The van der Waals surface area contributed by atoms with Crippen molar-refractivity contribution in [1.82, 2.24) is 9.47 Å². The molecule has 2 heterocycles. The minimum atomic E-state index is -0.0475. The van der Waals surface area contributed by atoms with E-state index in [0.717, 1.165) is 12.0 Å². The van der Waals surface area contributed by atoms with Crippen LogP contribution in [0.5, 0.6) is 0 Å². The van der Waals surface area contributed by atoms with Gasteiger partial charge in [0.05, 0.1) is 6.04 Å². The predicted molar refractivity (Wildman–Crippen MR) is 87.1 cm³/mol. The van der Waals surface area contributed by atoms with E-state index in [4.69, 9.17) is 17.3 Å². The summed E-state index contributed by atoms with van der Waals surface area (Å²) in [5, 5.41) is -0.0475. The van der Waals surface area contributed by atoms with Gasteiger partial charge in [0.25, 0.3) is 5.91 Å². The van der Waals surface area contributed by atoms with E-state index < -0.39 is 0 Å². The number of halogens is 1. The van der Waals surface area contributed by atoms with Crippen LogP contribution >= 0.6 is 11.6 Å². The first-order chi connectivity index (χ1) is 9.85. The van der Waals surface area contributed by atoms with Gasteiger partial charge in [0, 0.05) is 19.2 Å². The van der Waals surface area contributed by atoms with Gasteiger partial charge in [0.2, 0.25) is 0 Å². The summed E-state index contributed by atoms with van der Waals surface area (Å²) in [6.45, 7) is 8.75. The Morgan fingerprint density at radius 2 is 2.33 bits per heavy atom. The smallest absolute Gasteiger partial charge is 0.270 e. The second-order valence-electron chi connectivity index (χ2n) is 5.79. The molecule has 2 rings (SSSR count). The molecule has 21 heavy (non-hydrogen) atoms. The van der Waals surface area contributed by atoms with Crippen LogP contribution in [0.15, 0.2) is 17.6 Å². The Morgan fingerprint density at radius 1 is 1.67 bits per heavy atom. The van der Waals surface area contributed by atoms with Crippen LogP contribution in [0.2, 0.25) is 0 Å². The Hall–Kier alpha value is -1.75. The number of aliphatic imine (C=N–C) groups is 1. The lowest BCUT2D eigenvalue weighted by Gasteiger charge is -2.33. The number of hydrogen-bond donors (Lipinski definition) is 1. The molecule has 1 aromatic rings. The number of fused-ring (bicyclic) bond motifs is 1. The third kappa shape index (κ3) is 2.97. The number of aromatic nitrogens is 1. The second-order valence-corrected chi connectivity index (χ2v) is 6.17. The van der Waals surface area contributed by atoms with Gasteiger partial charge in [-0.1, -0.05) is 26.5 Å². The molecule has 0 radical (unpaired) electrons. The van der Waals surface area contributed by atoms with Crippen LogP contribution in [0, 0.1) is 5.92 Å². The summed E-state index contributed by atoms with van der Waals surface area (Å²) in [6.07, 6.45) is 2.62. The monoisotopic (exact) mass is 308 g/mol. The van der Waals surface area contributed by atoms with E-state index in [-0.39, 0.29) is 17.2 Å². The van der Waals surface area contributed by atoms with Crippen molar-refractivity contribution < 1.29 is 4.79 Å². The first-order valence-corrected chi connectivity index (χ1v) is 7.35. The first kappa shape index (κ1) is 15.6. The molecule has 1 aliphatic heterocycles. The van der Waals surface area contributed by atoms with E-state index >= 15 is 0 Å². The molecule has 0 saturated heterocycles. The first-order valence-electron chi connectivity index (χ1n) is 6.98. The lowest BCUT2D eigenvalue weighted by atomic mass is 10.0. The third-order valence-corrected chi connectivity index (χ3v) is 3.71. The summed E-state index contributed by atoms with van der Waals surface area (Å²) in [4.78, 5) is 18.3. The SMILES string of the molecule is C=Cc1cc2n(c1N=C(N)Cl)[C@@H](CC(C)C)CN(C)C2=O. The zero-order valence-corrected chi connectivity index (χ0v) is 13.4. The highest BCUT2D eigenvalue weighted by Gasteiger charge is 2.32. The fourth-order valence-corrected chi connectivity index (χ4v) is 2.92. The minimum absolute atomic E-state index is 0.0206. The highest BCUT2D eigenvalue weighted by atomic mass is 35.5. The number of likely N-dealkylation sites (N-methyl/N-ethyl adjacent to an activating group) is 1. The molecule has 0 bridgehead atoms. The summed E-state index contributed by atoms with van der Waals surface area (Å²) in [6, 6.07) is 1.96. The summed E-state index contributed by atoms with van der Waals surface area (Å²) in [5.74, 6) is 1.09. The van der Waals surface area contributed by atoms with Crippen molar-refractivity contribution in [2.75, 3.05) is 13.6 Å². The number of nitrogens with zero attached hydrogens (tertiary/aromatic N) is 3. The maximum atomic E-state index is 12.4. The Balaban J connectivity index is 2.63. The van der Waals surface area contributed by atoms with Crippen molar-refractivity contribution in [3.05, 3.63) is 23.9 Å². The average molecular weight is 309 g/mol. The number of amidine groups is 1. The van der Waals surface area contributed by atoms with Crippen molar-refractivity contribution in [2.45, 2.75) is 26.3 Å². The Morgan fingerprint density at radius 3 is 2.86 bits per heavy atom. The molecular formula is C15H21ClN4O. The zero-order chi connectivity index (χ0) is 15.7. The van der Waals surface area contributed by atoms with Crippen molar-refractivity contribution in [2.24, 2.45) is 16.6 Å². The van der Waals surface area contributed by atoms with Crippen LogP contribution in [0.3, 0.4) is 0 Å². The molecule has 6 heteroatoms. The molecule has 0 saturated carbocycles. The van der Waals surface area contributed by atoms with Gasteiger partial charge in [0.1, 0.15) is 11.5 Å². The molecule has 0 aliphatic carbocycles. The maximum Gasteiger partial charge on any atom is 0.270 e. The van der Waals surface area contributed by atoms with Crippen molar-refractivity contribution in [1.29, 1.82) is 0 Å². The average Bonchev–Trinajstić information content (AvgIpc) is 2.73. The fraction of sp³-hybridized carbons (Fsp3) is 0.467. The van der Waals surface area contributed by atoms with Gasteiger partial charge in [0.15, 0.2) is 5.29 Å². The van der Waals surface area contributed by atoms with E-state index in [0.29, 0.717) is 24.0 Å². The van der Waals surface area contributed by atoms with Crippen LogP contribution in [0.4, 0.5) is 5.82 Å².